The minimum atomic E-state index is -0.601. The van der Waals surface area contributed by atoms with Crippen LogP contribution in [0.1, 0.15) is 42.8 Å². The highest BCUT2D eigenvalue weighted by molar-refractivity contribution is 5.91. The summed E-state index contributed by atoms with van der Waals surface area (Å²) in [6.45, 7) is 8.10. The summed E-state index contributed by atoms with van der Waals surface area (Å²) in [5.74, 6) is 1.79. The number of ether oxygens (including phenoxy) is 2. The van der Waals surface area contributed by atoms with Crippen molar-refractivity contribution in [3.63, 3.8) is 0 Å². The van der Waals surface area contributed by atoms with Gasteiger partial charge in [-0.25, -0.2) is 0 Å². The molecule has 1 atom stereocenters. The smallest absolute Gasteiger partial charge is 0.289 e. The van der Waals surface area contributed by atoms with Crippen molar-refractivity contribution in [3.8, 4) is 17.6 Å². The Balaban J connectivity index is 0.00000385. The molecule has 0 spiro atoms. The summed E-state index contributed by atoms with van der Waals surface area (Å²) in [4.78, 5) is 16.6. The van der Waals surface area contributed by atoms with Gasteiger partial charge in [-0.3, -0.25) is 9.69 Å². The first kappa shape index (κ1) is 26.6. The van der Waals surface area contributed by atoms with Crippen LogP contribution in [-0.2, 0) is 5.41 Å². The van der Waals surface area contributed by atoms with E-state index in [0.29, 0.717) is 30.3 Å². The molecule has 0 N–H and O–H groups in total. The van der Waals surface area contributed by atoms with Crippen LogP contribution < -0.4 is 9.47 Å². The number of hydrogen-bond acceptors (Lipinski definition) is 6. The largest absolute Gasteiger partial charge is 0.493 e. The zero-order valence-electron chi connectivity index (χ0n) is 19.9. The number of methoxy groups -OCH3 is 2. The molecule has 180 valence electrons. The van der Waals surface area contributed by atoms with E-state index in [1.165, 1.54) is 6.26 Å². The standard InChI is InChI=1S/C25H33N3O4.ClH/c1-19(2)25(18-26,20-8-9-21(30-3)23(17-20)31-4)10-6-11-27-12-14-28(15-13-27)24(29)22-7-5-16-32-22;/h5,7-9,16-17,19H,6,10-15H2,1-4H3;1H. The van der Waals surface area contributed by atoms with Crippen molar-refractivity contribution >= 4 is 18.3 Å². The first-order valence-corrected chi connectivity index (χ1v) is 11.1. The van der Waals surface area contributed by atoms with E-state index in [2.05, 4.69) is 24.8 Å². The van der Waals surface area contributed by atoms with Gasteiger partial charge in [0, 0.05) is 26.2 Å². The summed E-state index contributed by atoms with van der Waals surface area (Å²) in [6, 6.07) is 11.8. The molecule has 0 saturated carbocycles. The summed E-state index contributed by atoms with van der Waals surface area (Å²) in [5.41, 5.74) is 0.359. The molecule has 2 heterocycles. The minimum Gasteiger partial charge on any atom is -0.493 e. The maximum Gasteiger partial charge on any atom is 0.289 e. The van der Waals surface area contributed by atoms with Crippen LogP contribution in [0.4, 0.5) is 0 Å². The van der Waals surface area contributed by atoms with Crippen LogP contribution >= 0.6 is 12.4 Å². The van der Waals surface area contributed by atoms with E-state index < -0.39 is 5.41 Å². The number of halogens is 1. The first-order chi connectivity index (χ1) is 15.4. The molecule has 1 aliphatic heterocycles. The number of carbonyl (C=O) groups excluding carboxylic acids is 1. The lowest BCUT2D eigenvalue weighted by molar-refractivity contribution is 0.0602. The van der Waals surface area contributed by atoms with Crippen LogP contribution in [0, 0.1) is 17.2 Å². The van der Waals surface area contributed by atoms with E-state index in [1.54, 1.807) is 26.4 Å². The van der Waals surface area contributed by atoms with Gasteiger partial charge in [0.2, 0.25) is 0 Å². The zero-order chi connectivity index (χ0) is 23.1. The van der Waals surface area contributed by atoms with Crippen LogP contribution in [-0.4, -0.2) is 62.7 Å². The quantitative estimate of drug-likeness (QED) is 0.535. The second-order valence-corrected chi connectivity index (χ2v) is 8.52. The summed E-state index contributed by atoms with van der Waals surface area (Å²) in [7, 11) is 3.22. The van der Waals surface area contributed by atoms with Crippen molar-refractivity contribution in [1.82, 2.24) is 9.80 Å². The molecular weight excluding hydrogens is 442 g/mol. The lowest BCUT2D eigenvalue weighted by Crippen LogP contribution is -2.49. The maximum absolute atomic E-state index is 12.4. The van der Waals surface area contributed by atoms with Gasteiger partial charge in [-0.1, -0.05) is 19.9 Å². The number of hydrogen-bond donors (Lipinski definition) is 0. The second-order valence-electron chi connectivity index (χ2n) is 8.52. The molecule has 3 rings (SSSR count). The Kier molecular flexibility index (Phi) is 9.63. The van der Waals surface area contributed by atoms with Gasteiger partial charge in [-0.2, -0.15) is 5.26 Å². The van der Waals surface area contributed by atoms with Gasteiger partial charge in [0.25, 0.3) is 5.91 Å². The number of benzene rings is 1. The predicted molar refractivity (Wildman–Crippen MR) is 129 cm³/mol. The van der Waals surface area contributed by atoms with Crippen molar-refractivity contribution < 1.29 is 18.7 Å². The summed E-state index contributed by atoms with van der Waals surface area (Å²) < 4.78 is 16.1. The second kappa shape index (κ2) is 12.0. The molecule has 7 nitrogen and oxygen atoms in total. The van der Waals surface area contributed by atoms with E-state index in [0.717, 1.165) is 38.0 Å². The van der Waals surface area contributed by atoms with E-state index >= 15 is 0 Å². The van der Waals surface area contributed by atoms with Crippen LogP contribution in [0.15, 0.2) is 41.0 Å². The fraction of sp³-hybridized carbons (Fsp3) is 0.520. The molecular formula is C25H34ClN3O4. The van der Waals surface area contributed by atoms with E-state index in [4.69, 9.17) is 13.9 Å². The molecule has 1 fully saturated rings. The number of nitrogens with zero attached hydrogens (tertiary/aromatic N) is 3. The molecule has 33 heavy (non-hydrogen) atoms. The van der Waals surface area contributed by atoms with Crippen molar-refractivity contribution in [1.29, 1.82) is 5.26 Å². The first-order valence-electron chi connectivity index (χ1n) is 11.1. The third-order valence-corrected chi connectivity index (χ3v) is 6.52. The van der Waals surface area contributed by atoms with Crippen LogP contribution in [0.5, 0.6) is 11.5 Å². The molecule has 1 aromatic heterocycles. The SMILES string of the molecule is COc1ccc(C(C#N)(CCCN2CCN(C(=O)c3ccco3)CC2)C(C)C)cc1OC.Cl. The van der Waals surface area contributed by atoms with E-state index in [9.17, 15) is 10.1 Å². The zero-order valence-corrected chi connectivity index (χ0v) is 20.7. The third-order valence-electron chi connectivity index (χ3n) is 6.52. The molecule has 1 aromatic carbocycles. The Hall–Kier alpha value is -2.69. The highest BCUT2D eigenvalue weighted by Gasteiger charge is 2.36. The number of furan rings is 1. The van der Waals surface area contributed by atoms with Gasteiger partial charge >= 0.3 is 0 Å². The van der Waals surface area contributed by atoms with Crippen molar-refractivity contribution in [2.45, 2.75) is 32.1 Å². The lowest BCUT2D eigenvalue weighted by Gasteiger charge is -2.36. The van der Waals surface area contributed by atoms with Crippen molar-refractivity contribution in [2.75, 3.05) is 46.9 Å². The van der Waals surface area contributed by atoms with Gasteiger partial charge in [0.05, 0.1) is 32.0 Å². The van der Waals surface area contributed by atoms with E-state index in [1.807, 2.05) is 23.1 Å². The van der Waals surface area contributed by atoms with Crippen LogP contribution in [0.2, 0.25) is 0 Å². The number of rotatable bonds is 9. The molecule has 0 radical (unpaired) electrons. The minimum absolute atomic E-state index is 0. The van der Waals surface area contributed by atoms with Crippen LogP contribution in [0.3, 0.4) is 0 Å². The van der Waals surface area contributed by atoms with Gasteiger partial charge in [-0.15, -0.1) is 12.4 Å². The molecule has 2 aromatic rings. The van der Waals surface area contributed by atoms with Gasteiger partial charge in [0.15, 0.2) is 17.3 Å². The molecule has 1 unspecified atom stereocenters. The third kappa shape index (κ3) is 5.82. The summed E-state index contributed by atoms with van der Waals surface area (Å²) in [5, 5.41) is 10.2. The van der Waals surface area contributed by atoms with Gasteiger partial charge in [0.1, 0.15) is 0 Å². The fourth-order valence-electron chi connectivity index (χ4n) is 4.44. The number of amides is 1. The van der Waals surface area contributed by atoms with Gasteiger partial charge < -0.3 is 18.8 Å². The highest BCUT2D eigenvalue weighted by atomic mass is 35.5. The summed E-state index contributed by atoms with van der Waals surface area (Å²) in [6.07, 6.45) is 3.17. The maximum atomic E-state index is 12.4. The van der Waals surface area contributed by atoms with Crippen molar-refractivity contribution in [3.05, 3.63) is 47.9 Å². The van der Waals surface area contributed by atoms with E-state index in [-0.39, 0.29) is 24.2 Å². The highest BCUT2D eigenvalue weighted by Crippen LogP contribution is 2.40. The van der Waals surface area contributed by atoms with Gasteiger partial charge in [-0.05, 0) is 55.1 Å². The summed E-state index contributed by atoms with van der Waals surface area (Å²) >= 11 is 0. The molecule has 0 aliphatic carbocycles. The van der Waals surface area contributed by atoms with Crippen molar-refractivity contribution in [2.24, 2.45) is 5.92 Å². The van der Waals surface area contributed by atoms with Crippen LogP contribution in [0.25, 0.3) is 0 Å². The molecule has 1 saturated heterocycles. The molecule has 1 aliphatic rings. The Labute approximate surface area is 202 Å². The monoisotopic (exact) mass is 475 g/mol. The number of carbonyl (C=O) groups is 1. The predicted octanol–water partition coefficient (Wildman–Crippen LogP) is 4.37. The topological polar surface area (TPSA) is 78.9 Å². The Morgan fingerprint density at radius 3 is 2.39 bits per heavy atom. The molecule has 8 heteroatoms. The fourth-order valence-corrected chi connectivity index (χ4v) is 4.44. The molecule has 0 bridgehead atoms. The Bertz CT molecular complexity index is 934. The number of nitriles is 1. The normalized spacial score (nSPS) is 15.9. The number of piperazine rings is 1. The molecule has 1 amide bonds. The Morgan fingerprint density at radius 2 is 1.85 bits per heavy atom. The average molecular weight is 476 g/mol. The lowest BCUT2D eigenvalue weighted by atomic mass is 9.69. The average Bonchev–Trinajstić information content (AvgIpc) is 3.36. The Morgan fingerprint density at radius 1 is 1.15 bits per heavy atom.